The van der Waals surface area contributed by atoms with Crippen LogP contribution < -0.4 is 0 Å². The molecule has 0 bridgehead atoms. The first kappa shape index (κ1) is 20.0. The normalized spacial score (nSPS) is 17.7. The number of rotatable bonds is 6. The van der Waals surface area contributed by atoms with Gasteiger partial charge in [0.1, 0.15) is 0 Å². The van der Waals surface area contributed by atoms with Gasteiger partial charge in [-0.2, -0.15) is 0 Å². The fourth-order valence-electron chi connectivity index (χ4n) is 3.39. The molecule has 2 aromatic rings. The fraction of sp³-hybridized carbons (Fsp3) is 0.227. The number of benzene rings is 2. The van der Waals surface area contributed by atoms with E-state index >= 15 is 0 Å². The van der Waals surface area contributed by atoms with Crippen molar-refractivity contribution in [3.8, 4) is 0 Å². The molecule has 1 saturated carbocycles. The van der Waals surface area contributed by atoms with Gasteiger partial charge in [-0.05, 0) is 59.5 Å². The topological polar surface area (TPSA) is 115 Å². The van der Waals surface area contributed by atoms with Crippen LogP contribution in [0.25, 0.3) is 33.0 Å². The Labute approximate surface area is 168 Å². The molecule has 2 aromatic carbocycles. The minimum Gasteiger partial charge on any atom is -0.294 e. The Morgan fingerprint density at radius 1 is 0.931 bits per heavy atom. The zero-order chi connectivity index (χ0) is 20.5. The van der Waals surface area contributed by atoms with Crippen molar-refractivity contribution in [2.75, 3.05) is 0 Å². The molecule has 0 amide bonds. The molecule has 1 aliphatic carbocycles. The van der Waals surface area contributed by atoms with Crippen LogP contribution in [0.5, 0.6) is 0 Å². The van der Waals surface area contributed by atoms with Gasteiger partial charge in [0.25, 0.3) is 0 Å². The smallest absolute Gasteiger partial charge is 0.162 e. The second kappa shape index (κ2) is 9.95. The highest BCUT2D eigenvalue weighted by Gasteiger charge is 2.25. The molecule has 0 N–H and O–H groups in total. The number of ketones is 1. The average molecular weight is 384 g/mol. The number of carbonyl (C=O) groups excluding carboxylic acids is 1. The Bertz CT molecular complexity index is 1020. The van der Waals surface area contributed by atoms with E-state index in [2.05, 4.69) is 20.1 Å². The van der Waals surface area contributed by atoms with Crippen molar-refractivity contribution >= 4 is 29.3 Å². The SMILES string of the molecule is [N-]=[N+]=Nc1ccc(C=CCC2CCCC(=Cc3ccc(N=[N+]=[N-])cc3)C2=O)cc1. The summed E-state index contributed by atoms with van der Waals surface area (Å²) in [5.74, 6) is 0.204. The van der Waals surface area contributed by atoms with E-state index in [1.54, 1.807) is 24.3 Å². The van der Waals surface area contributed by atoms with Gasteiger partial charge in [-0.3, -0.25) is 4.79 Å². The maximum absolute atomic E-state index is 12.8. The molecule has 1 aliphatic rings. The Morgan fingerprint density at radius 3 is 2.10 bits per heavy atom. The summed E-state index contributed by atoms with van der Waals surface area (Å²) in [6.07, 6.45) is 9.33. The molecule has 1 unspecified atom stereocenters. The third-order valence-electron chi connectivity index (χ3n) is 4.86. The number of hydrogen-bond donors (Lipinski definition) is 0. The van der Waals surface area contributed by atoms with E-state index in [-0.39, 0.29) is 11.7 Å². The first-order valence-corrected chi connectivity index (χ1v) is 9.41. The second-order valence-corrected chi connectivity index (χ2v) is 6.82. The van der Waals surface area contributed by atoms with Crippen LogP contribution in [0, 0.1) is 5.92 Å². The molecule has 144 valence electrons. The molecule has 0 aliphatic heterocycles. The van der Waals surface area contributed by atoms with E-state index < -0.39 is 0 Å². The fourth-order valence-corrected chi connectivity index (χ4v) is 3.39. The Kier molecular flexibility index (Phi) is 6.85. The predicted octanol–water partition coefficient (Wildman–Crippen LogP) is 7.43. The minimum absolute atomic E-state index is 0.00354. The Balaban J connectivity index is 1.64. The molecule has 7 nitrogen and oxygen atoms in total. The molecule has 29 heavy (non-hydrogen) atoms. The number of allylic oxidation sites excluding steroid dienone is 2. The van der Waals surface area contributed by atoms with Crippen molar-refractivity contribution in [2.45, 2.75) is 25.7 Å². The first-order chi connectivity index (χ1) is 14.2. The highest BCUT2D eigenvalue weighted by molar-refractivity contribution is 6.01. The monoisotopic (exact) mass is 384 g/mol. The van der Waals surface area contributed by atoms with E-state index in [4.69, 9.17) is 11.1 Å². The van der Waals surface area contributed by atoms with Gasteiger partial charge in [-0.1, -0.05) is 70.9 Å². The van der Waals surface area contributed by atoms with Crippen LogP contribution in [0.3, 0.4) is 0 Å². The van der Waals surface area contributed by atoms with Gasteiger partial charge in [0.2, 0.25) is 0 Å². The van der Waals surface area contributed by atoms with E-state index in [9.17, 15) is 4.79 Å². The Hall–Kier alpha value is -3.79. The van der Waals surface area contributed by atoms with Gasteiger partial charge in [-0.15, -0.1) is 0 Å². The standard InChI is InChI=1S/C22H20N6O/c23-27-25-20-11-7-16(8-12-20)3-1-4-18-5-2-6-19(22(18)29)15-17-9-13-21(14-10-17)26-28-24/h1,3,7-15,18H,2,4-6H2. The van der Waals surface area contributed by atoms with Crippen LogP contribution in [0.1, 0.15) is 36.8 Å². The van der Waals surface area contributed by atoms with Gasteiger partial charge in [0.05, 0.1) is 0 Å². The summed E-state index contributed by atoms with van der Waals surface area (Å²) in [6.45, 7) is 0. The third kappa shape index (κ3) is 5.59. The lowest BCUT2D eigenvalue weighted by Crippen LogP contribution is -2.21. The molecular formula is C22H20N6O. The highest BCUT2D eigenvalue weighted by Crippen LogP contribution is 2.30. The molecule has 3 rings (SSSR count). The van der Waals surface area contributed by atoms with Crippen molar-refractivity contribution in [1.29, 1.82) is 0 Å². The number of carbonyl (C=O) groups is 1. The van der Waals surface area contributed by atoms with Crippen LogP contribution in [0.4, 0.5) is 11.4 Å². The lowest BCUT2D eigenvalue weighted by Gasteiger charge is -2.22. The van der Waals surface area contributed by atoms with Crippen molar-refractivity contribution < 1.29 is 4.79 Å². The molecule has 0 saturated heterocycles. The largest absolute Gasteiger partial charge is 0.294 e. The quantitative estimate of drug-likeness (QED) is 0.219. The van der Waals surface area contributed by atoms with Gasteiger partial charge in [0.15, 0.2) is 5.78 Å². The maximum atomic E-state index is 12.8. The molecule has 1 atom stereocenters. The van der Waals surface area contributed by atoms with Gasteiger partial charge < -0.3 is 0 Å². The van der Waals surface area contributed by atoms with Gasteiger partial charge in [0, 0.05) is 27.1 Å². The summed E-state index contributed by atoms with van der Waals surface area (Å²) in [6, 6.07) is 14.5. The zero-order valence-corrected chi connectivity index (χ0v) is 15.8. The van der Waals surface area contributed by atoms with Crippen molar-refractivity contribution in [2.24, 2.45) is 16.1 Å². The summed E-state index contributed by atoms with van der Waals surface area (Å²) >= 11 is 0. The summed E-state index contributed by atoms with van der Waals surface area (Å²) in [5, 5.41) is 7.11. The third-order valence-corrected chi connectivity index (χ3v) is 4.86. The van der Waals surface area contributed by atoms with Crippen molar-refractivity contribution in [3.05, 3.63) is 92.2 Å². The average Bonchev–Trinajstić information content (AvgIpc) is 2.74. The van der Waals surface area contributed by atoms with Gasteiger partial charge in [-0.25, -0.2) is 0 Å². The number of nitrogens with zero attached hydrogens (tertiary/aromatic N) is 6. The highest BCUT2D eigenvalue weighted by atomic mass is 16.1. The lowest BCUT2D eigenvalue weighted by molar-refractivity contribution is -0.120. The molecule has 0 aromatic heterocycles. The molecular weight excluding hydrogens is 364 g/mol. The molecule has 0 spiro atoms. The first-order valence-electron chi connectivity index (χ1n) is 9.41. The van der Waals surface area contributed by atoms with Crippen LogP contribution in [0.2, 0.25) is 0 Å². The predicted molar refractivity (Wildman–Crippen MR) is 114 cm³/mol. The van der Waals surface area contributed by atoms with Crippen LogP contribution in [-0.4, -0.2) is 5.78 Å². The minimum atomic E-state index is -0.00354. The van der Waals surface area contributed by atoms with Crippen LogP contribution in [0.15, 0.2) is 70.4 Å². The van der Waals surface area contributed by atoms with Crippen LogP contribution >= 0.6 is 0 Å². The van der Waals surface area contributed by atoms with E-state index in [1.807, 2.05) is 42.5 Å². The summed E-state index contributed by atoms with van der Waals surface area (Å²) < 4.78 is 0. The van der Waals surface area contributed by atoms with Crippen molar-refractivity contribution in [1.82, 2.24) is 0 Å². The zero-order valence-electron chi connectivity index (χ0n) is 15.8. The van der Waals surface area contributed by atoms with Crippen LogP contribution in [-0.2, 0) is 4.79 Å². The molecule has 7 heteroatoms. The number of hydrogen-bond acceptors (Lipinski definition) is 3. The lowest BCUT2D eigenvalue weighted by atomic mass is 9.81. The number of Topliss-reactive ketones (excluding diaryl/α,β-unsaturated/α-hetero) is 1. The summed E-state index contributed by atoms with van der Waals surface area (Å²) in [4.78, 5) is 18.4. The molecule has 1 fully saturated rings. The van der Waals surface area contributed by atoms with E-state index in [0.29, 0.717) is 17.8 Å². The Morgan fingerprint density at radius 2 is 1.52 bits per heavy atom. The van der Waals surface area contributed by atoms with E-state index in [1.165, 1.54) is 0 Å². The summed E-state index contributed by atoms with van der Waals surface area (Å²) in [7, 11) is 0. The summed E-state index contributed by atoms with van der Waals surface area (Å²) in [5.41, 5.74) is 20.8. The number of azide groups is 2. The van der Waals surface area contributed by atoms with Crippen molar-refractivity contribution in [3.63, 3.8) is 0 Å². The van der Waals surface area contributed by atoms with E-state index in [0.717, 1.165) is 36.0 Å². The molecule has 0 heterocycles. The second-order valence-electron chi connectivity index (χ2n) is 6.82. The van der Waals surface area contributed by atoms with Gasteiger partial charge >= 0.3 is 0 Å². The molecule has 0 radical (unpaired) electrons. The maximum Gasteiger partial charge on any atom is 0.162 e.